The number of rotatable bonds is 3. The maximum absolute atomic E-state index is 13.1. The van der Waals surface area contributed by atoms with E-state index in [-0.39, 0.29) is 23.2 Å². The van der Waals surface area contributed by atoms with Crippen LogP contribution in [-0.4, -0.2) is 53.9 Å². The first-order chi connectivity index (χ1) is 14.1. The Morgan fingerprint density at radius 3 is 2.43 bits per heavy atom. The molecule has 1 aromatic heterocycles. The molecular weight excluding hydrogens is 401 g/mol. The summed E-state index contributed by atoms with van der Waals surface area (Å²) in [6.07, 6.45) is -3.49. The number of hydrogen-bond donors (Lipinski definition) is 1. The average molecular weight is 424 g/mol. The van der Waals surface area contributed by atoms with Gasteiger partial charge in [0, 0.05) is 33.1 Å². The predicted octanol–water partition coefficient (Wildman–Crippen LogP) is 4.12. The van der Waals surface area contributed by atoms with Gasteiger partial charge in [-0.05, 0) is 31.9 Å². The van der Waals surface area contributed by atoms with Crippen molar-refractivity contribution in [2.24, 2.45) is 0 Å². The summed E-state index contributed by atoms with van der Waals surface area (Å²) >= 11 is 0. The highest BCUT2D eigenvalue weighted by Crippen LogP contribution is 2.35. The quantitative estimate of drug-likeness (QED) is 0.804. The van der Waals surface area contributed by atoms with Crippen LogP contribution in [0.15, 0.2) is 28.7 Å². The molecule has 1 aliphatic heterocycles. The first-order valence-electron chi connectivity index (χ1n) is 9.49. The van der Waals surface area contributed by atoms with Gasteiger partial charge in [0.05, 0.1) is 11.3 Å². The molecule has 0 aliphatic carbocycles. The highest BCUT2D eigenvalue weighted by Gasteiger charge is 2.34. The number of urea groups is 1. The molecule has 7 nitrogen and oxygen atoms in total. The SMILES string of the molecule is Cc1oc(C2CCN(C(=O)Nc3ccccc3C(F)(F)F)CC2)nc1C(=O)N(C)C. The Labute approximate surface area is 171 Å². The van der Waals surface area contributed by atoms with Crippen molar-refractivity contribution in [1.82, 2.24) is 14.8 Å². The Balaban J connectivity index is 1.63. The van der Waals surface area contributed by atoms with Crippen molar-refractivity contribution in [3.8, 4) is 0 Å². The van der Waals surface area contributed by atoms with Gasteiger partial charge in [-0.3, -0.25) is 4.79 Å². The third-order valence-corrected chi connectivity index (χ3v) is 5.03. The molecule has 1 aliphatic rings. The van der Waals surface area contributed by atoms with E-state index in [0.29, 0.717) is 37.6 Å². The lowest BCUT2D eigenvalue weighted by molar-refractivity contribution is -0.136. The number of aromatic nitrogens is 1. The van der Waals surface area contributed by atoms with E-state index in [2.05, 4.69) is 10.3 Å². The van der Waals surface area contributed by atoms with Crippen LogP contribution in [0.1, 0.15) is 46.5 Å². The number of nitrogens with one attached hydrogen (secondary N) is 1. The number of carbonyl (C=O) groups excluding carboxylic acids is 2. The molecule has 0 unspecified atom stereocenters. The zero-order valence-corrected chi connectivity index (χ0v) is 16.9. The van der Waals surface area contributed by atoms with Crippen LogP contribution < -0.4 is 5.32 Å². The summed E-state index contributed by atoms with van der Waals surface area (Å²) in [5.74, 6) is 0.564. The fourth-order valence-electron chi connectivity index (χ4n) is 3.36. The van der Waals surface area contributed by atoms with Crippen molar-refractivity contribution in [2.45, 2.75) is 31.9 Å². The van der Waals surface area contributed by atoms with Crippen molar-refractivity contribution in [3.63, 3.8) is 0 Å². The van der Waals surface area contributed by atoms with Crippen LogP contribution in [0.25, 0.3) is 0 Å². The van der Waals surface area contributed by atoms with Crippen molar-refractivity contribution < 1.29 is 27.2 Å². The number of piperidine rings is 1. The van der Waals surface area contributed by atoms with E-state index in [0.717, 1.165) is 6.07 Å². The molecule has 162 valence electrons. The van der Waals surface area contributed by atoms with Gasteiger partial charge < -0.3 is 19.5 Å². The number of anilines is 1. The number of benzene rings is 1. The van der Waals surface area contributed by atoms with Crippen LogP contribution in [0.5, 0.6) is 0 Å². The number of halogens is 3. The van der Waals surface area contributed by atoms with Crippen molar-refractivity contribution in [2.75, 3.05) is 32.5 Å². The van der Waals surface area contributed by atoms with Crippen LogP contribution in [0.4, 0.5) is 23.7 Å². The van der Waals surface area contributed by atoms with Crippen LogP contribution in [0.2, 0.25) is 0 Å². The topological polar surface area (TPSA) is 78.7 Å². The van der Waals surface area contributed by atoms with Gasteiger partial charge >= 0.3 is 12.2 Å². The van der Waals surface area contributed by atoms with Crippen LogP contribution >= 0.6 is 0 Å². The second-order valence-corrected chi connectivity index (χ2v) is 7.39. The van der Waals surface area contributed by atoms with Gasteiger partial charge in [0.2, 0.25) is 0 Å². The molecule has 0 saturated carbocycles. The van der Waals surface area contributed by atoms with E-state index in [1.807, 2.05) is 0 Å². The summed E-state index contributed by atoms with van der Waals surface area (Å²) in [4.78, 5) is 31.8. The van der Waals surface area contributed by atoms with E-state index in [4.69, 9.17) is 4.42 Å². The lowest BCUT2D eigenvalue weighted by Crippen LogP contribution is -2.40. The molecule has 2 heterocycles. The van der Waals surface area contributed by atoms with E-state index < -0.39 is 17.8 Å². The maximum atomic E-state index is 13.1. The highest BCUT2D eigenvalue weighted by atomic mass is 19.4. The number of likely N-dealkylation sites (tertiary alicyclic amines) is 1. The smallest absolute Gasteiger partial charge is 0.418 e. The summed E-state index contributed by atoms with van der Waals surface area (Å²) in [5, 5.41) is 2.36. The number of alkyl halides is 3. The largest absolute Gasteiger partial charge is 0.445 e. The number of amides is 3. The Hall–Kier alpha value is -3.04. The summed E-state index contributed by atoms with van der Waals surface area (Å²) < 4.78 is 45.0. The van der Waals surface area contributed by atoms with Gasteiger partial charge in [0.15, 0.2) is 11.6 Å². The van der Waals surface area contributed by atoms with Gasteiger partial charge in [-0.1, -0.05) is 12.1 Å². The summed E-state index contributed by atoms with van der Waals surface area (Å²) in [7, 11) is 3.26. The van der Waals surface area contributed by atoms with E-state index in [9.17, 15) is 22.8 Å². The van der Waals surface area contributed by atoms with Gasteiger partial charge in [0.1, 0.15) is 5.76 Å². The minimum Gasteiger partial charge on any atom is -0.445 e. The van der Waals surface area contributed by atoms with Crippen LogP contribution in [0, 0.1) is 6.92 Å². The summed E-state index contributed by atoms with van der Waals surface area (Å²) in [6, 6.07) is 4.29. The summed E-state index contributed by atoms with van der Waals surface area (Å²) in [6.45, 7) is 2.35. The van der Waals surface area contributed by atoms with Gasteiger partial charge in [0.25, 0.3) is 5.91 Å². The van der Waals surface area contributed by atoms with Crippen molar-refractivity contribution >= 4 is 17.6 Å². The standard InChI is InChI=1S/C20H23F3N4O3/c1-12-16(18(28)26(2)3)25-17(30-12)13-8-10-27(11-9-13)19(29)24-15-7-5-4-6-14(15)20(21,22)23/h4-7,13H,8-11H2,1-3H3,(H,24,29). The van der Waals surface area contributed by atoms with Crippen LogP contribution in [-0.2, 0) is 6.18 Å². The lowest BCUT2D eigenvalue weighted by atomic mass is 9.97. The fourth-order valence-corrected chi connectivity index (χ4v) is 3.36. The van der Waals surface area contributed by atoms with E-state index >= 15 is 0 Å². The zero-order chi connectivity index (χ0) is 22.1. The summed E-state index contributed by atoms with van der Waals surface area (Å²) in [5.41, 5.74) is -0.896. The number of nitrogens with zero attached hydrogens (tertiary/aromatic N) is 3. The Morgan fingerprint density at radius 1 is 1.20 bits per heavy atom. The third kappa shape index (κ3) is 4.58. The predicted molar refractivity (Wildman–Crippen MR) is 103 cm³/mol. The zero-order valence-electron chi connectivity index (χ0n) is 16.9. The number of para-hydroxylation sites is 1. The molecule has 10 heteroatoms. The van der Waals surface area contributed by atoms with E-state index in [1.54, 1.807) is 21.0 Å². The van der Waals surface area contributed by atoms with Crippen LogP contribution in [0.3, 0.4) is 0 Å². The highest BCUT2D eigenvalue weighted by molar-refractivity contribution is 5.93. The second kappa shape index (κ2) is 8.37. The third-order valence-electron chi connectivity index (χ3n) is 5.03. The van der Waals surface area contributed by atoms with Crippen molar-refractivity contribution in [3.05, 3.63) is 47.2 Å². The molecule has 0 bridgehead atoms. The van der Waals surface area contributed by atoms with Crippen molar-refractivity contribution in [1.29, 1.82) is 0 Å². The normalized spacial score (nSPS) is 15.2. The van der Waals surface area contributed by atoms with Gasteiger partial charge in [-0.25, -0.2) is 9.78 Å². The second-order valence-electron chi connectivity index (χ2n) is 7.39. The maximum Gasteiger partial charge on any atom is 0.418 e. The lowest BCUT2D eigenvalue weighted by Gasteiger charge is -2.31. The number of oxazole rings is 1. The molecule has 3 rings (SSSR count). The minimum atomic E-state index is -4.55. The minimum absolute atomic E-state index is 0.0704. The fraction of sp³-hybridized carbons (Fsp3) is 0.450. The Kier molecular flexibility index (Phi) is 6.04. The monoisotopic (exact) mass is 424 g/mol. The number of hydrogen-bond acceptors (Lipinski definition) is 4. The molecule has 0 spiro atoms. The molecule has 1 aromatic carbocycles. The molecule has 1 N–H and O–H groups in total. The molecule has 1 saturated heterocycles. The molecule has 1 fully saturated rings. The molecule has 0 radical (unpaired) electrons. The van der Waals surface area contributed by atoms with Gasteiger partial charge in [-0.2, -0.15) is 13.2 Å². The number of aryl methyl sites for hydroxylation is 1. The first-order valence-corrected chi connectivity index (χ1v) is 9.49. The van der Waals surface area contributed by atoms with E-state index in [1.165, 1.54) is 28.0 Å². The molecule has 3 amide bonds. The Bertz CT molecular complexity index is 932. The molecule has 30 heavy (non-hydrogen) atoms. The Morgan fingerprint density at radius 2 is 1.83 bits per heavy atom. The average Bonchev–Trinajstić information content (AvgIpc) is 3.08. The first kappa shape index (κ1) is 21.7. The molecule has 2 aromatic rings. The molecule has 0 atom stereocenters. The number of carbonyl (C=O) groups is 2. The van der Waals surface area contributed by atoms with Gasteiger partial charge in [-0.15, -0.1) is 0 Å². The molecular formula is C20H23F3N4O3.